The molecule has 26 heavy (non-hydrogen) atoms. The van der Waals surface area contributed by atoms with Crippen molar-refractivity contribution in [1.82, 2.24) is 9.88 Å². The highest BCUT2D eigenvalue weighted by atomic mass is 19.1. The first-order chi connectivity index (χ1) is 12.5. The van der Waals surface area contributed by atoms with Gasteiger partial charge in [-0.05, 0) is 54.3 Å². The SMILES string of the molecule is CC(=O)N1CC2(CC2)c2c([nH]c3ccc(F)cc23)C1c1cccc(F)c1. The lowest BCUT2D eigenvalue weighted by molar-refractivity contribution is -0.131. The molecule has 1 atom stereocenters. The topological polar surface area (TPSA) is 36.1 Å². The van der Waals surface area contributed by atoms with Crippen molar-refractivity contribution in [2.24, 2.45) is 0 Å². The van der Waals surface area contributed by atoms with Gasteiger partial charge in [0.25, 0.3) is 0 Å². The normalized spacial score (nSPS) is 20.4. The molecule has 3 aromatic rings. The molecule has 1 saturated carbocycles. The number of rotatable bonds is 1. The van der Waals surface area contributed by atoms with Crippen LogP contribution in [0.4, 0.5) is 8.78 Å². The van der Waals surface area contributed by atoms with Gasteiger partial charge in [-0.3, -0.25) is 4.79 Å². The standard InChI is InChI=1S/C21H18F2N2O/c1-12(26)25-11-21(7-8-21)18-16-10-15(23)5-6-17(16)24-19(18)20(25)13-3-2-4-14(22)9-13/h2-6,9-10,20,24H,7-8,11H2,1H3. The molecule has 132 valence electrons. The van der Waals surface area contributed by atoms with E-state index in [0.29, 0.717) is 6.54 Å². The van der Waals surface area contributed by atoms with Crippen molar-refractivity contribution in [3.8, 4) is 0 Å². The summed E-state index contributed by atoms with van der Waals surface area (Å²) < 4.78 is 27.8. The summed E-state index contributed by atoms with van der Waals surface area (Å²) in [5, 5.41) is 0.877. The van der Waals surface area contributed by atoms with Crippen LogP contribution in [0.3, 0.4) is 0 Å². The van der Waals surface area contributed by atoms with E-state index >= 15 is 0 Å². The zero-order valence-corrected chi connectivity index (χ0v) is 14.4. The van der Waals surface area contributed by atoms with E-state index < -0.39 is 0 Å². The van der Waals surface area contributed by atoms with E-state index in [1.54, 1.807) is 25.1 Å². The van der Waals surface area contributed by atoms with Crippen molar-refractivity contribution < 1.29 is 13.6 Å². The third-order valence-corrected chi connectivity index (χ3v) is 5.80. The maximum atomic E-state index is 13.9. The predicted molar refractivity (Wildman–Crippen MR) is 94.8 cm³/mol. The molecule has 1 aliphatic carbocycles. The van der Waals surface area contributed by atoms with Crippen molar-refractivity contribution in [2.75, 3.05) is 6.54 Å². The van der Waals surface area contributed by atoms with Crippen LogP contribution in [-0.4, -0.2) is 22.3 Å². The lowest BCUT2D eigenvalue weighted by Crippen LogP contribution is -2.44. The fraction of sp³-hybridized carbons (Fsp3) is 0.286. The molecule has 5 heteroatoms. The Balaban J connectivity index is 1.81. The van der Waals surface area contributed by atoms with Crippen LogP contribution in [0.15, 0.2) is 42.5 Å². The number of fused-ring (bicyclic) bond motifs is 4. The Labute approximate surface area is 149 Å². The average Bonchev–Trinajstić information content (AvgIpc) is 3.25. The first-order valence-corrected chi connectivity index (χ1v) is 8.83. The summed E-state index contributed by atoms with van der Waals surface area (Å²) in [6, 6.07) is 10.7. The largest absolute Gasteiger partial charge is 0.356 e. The lowest BCUT2D eigenvalue weighted by Gasteiger charge is -2.40. The number of amides is 1. The molecule has 1 N–H and O–H groups in total. The quantitative estimate of drug-likeness (QED) is 0.691. The Kier molecular flexibility index (Phi) is 3.09. The second-order valence-corrected chi connectivity index (χ2v) is 7.49. The van der Waals surface area contributed by atoms with Crippen LogP contribution >= 0.6 is 0 Å². The van der Waals surface area contributed by atoms with Crippen molar-refractivity contribution in [2.45, 2.75) is 31.2 Å². The fourth-order valence-corrected chi connectivity index (χ4v) is 4.49. The summed E-state index contributed by atoms with van der Waals surface area (Å²) in [5.41, 5.74) is 3.45. The summed E-state index contributed by atoms with van der Waals surface area (Å²) in [5.74, 6) is -0.645. The molecule has 1 aromatic heterocycles. The van der Waals surface area contributed by atoms with E-state index in [1.807, 2.05) is 11.0 Å². The van der Waals surface area contributed by atoms with Gasteiger partial charge in [-0.1, -0.05) is 12.1 Å². The summed E-state index contributed by atoms with van der Waals surface area (Å²) in [6.45, 7) is 2.13. The maximum Gasteiger partial charge on any atom is 0.220 e. The molecule has 1 aliphatic heterocycles. The van der Waals surface area contributed by atoms with Crippen LogP contribution in [-0.2, 0) is 10.2 Å². The molecular weight excluding hydrogens is 334 g/mol. The zero-order valence-electron chi connectivity index (χ0n) is 14.4. The molecule has 1 amide bonds. The minimum atomic E-state index is -0.389. The Morgan fingerprint density at radius 1 is 1.15 bits per heavy atom. The van der Waals surface area contributed by atoms with Crippen LogP contribution < -0.4 is 0 Å². The zero-order chi connectivity index (χ0) is 18.1. The molecule has 3 nitrogen and oxygen atoms in total. The summed E-state index contributed by atoms with van der Waals surface area (Å²) >= 11 is 0. The van der Waals surface area contributed by atoms with Gasteiger partial charge in [-0.25, -0.2) is 8.78 Å². The number of hydrogen-bond donors (Lipinski definition) is 1. The molecule has 5 rings (SSSR count). The number of aromatic nitrogens is 1. The van der Waals surface area contributed by atoms with Gasteiger partial charge in [0.1, 0.15) is 11.6 Å². The molecule has 2 aromatic carbocycles. The number of carbonyl (C=O) groups excluding carboxylic acids is 1. The Bertz CT molecular complexity index is 1050. The highest BCUT2D eigenvalue weighted by Crippen LogP contribution is 2.57. The second-order valence-electron chi connectivity index (χ2n) is 7.49. The van der Waals surface area contributed by atoms with Crippen molar-refractivity contribution >= 4 is 16.8 Å². The predicted octanol–water partition coefficient (Wildman–Crippen LogP) is 4.43. The second kappa shape index (κ2) is 5.16. The Morgan fingerprint density at radius 2 is 1.92 bits per heavy atom. The van der Waals surface area contributed by atoms with Crippen LogP contribution in [0, 0.1) is 11.6 Å². The molecule has 1 unspecified atom stereocenters. The number of carbonyl (C=O) groups is 1. The molecular formula is C21H18F2N2O. The summed E-state index contributed by atoms with van der Waals surface area (Å²) in [6.07, 6.45) is 1.95. The molecule has 1 fully saturated rings. The number of H-pyrrole nitrogens is 1. The highest BCUT2D eigenvalue weighted by Gasteiger charge is 2.54. The molecule has 2 aliphatic rings. The number of hydrogen-bond acceptors (Lipinski definition) is 1. The third-order valence-electron chi connectivity index (χ3n) is 5.80. The van der Waals surface area contributed by atoms with Crippen LogP contribution in [0.25, 0.3) is 10.9 Å². The van der Waals surface area contributed by atoms with Gasteiger partial charge in [-0.15, -0.1) is 0 Å². The number of aromatic amines is 1. The van der Waals surface area contributed by atoms with Crippen molar-refractivity contribution in [3.05, 3.63) is 70.9 Å². The molecule has 1 spiro atoms. The van der Waals surface area contributed by atoms with E-state index in [1.165, 1.54) is 18.2 Å². The highest BCUT2D eigenvalue weighted by molar-refractivity contribution is 5.88. The molecule has 0 radical (unpaired) electrons. The van der Waals surface area contributed by atoms with Gasteiger partial charge in [0, 0.05) is 35.5 Å². The summed E-state index contributed by atoms with van der Waals surface area (Å²) in [7, 11) is 0. The minimum absolute atomic E-state index is 0.0407. The minimum Gasteiger partial charge on any atom is -0.356 e. The Morgan fingerprint density at radius 3 is 2.62 bits per heavy atom. The molecule has 0 bridgehead atoms. The average molecular weight is 352 g/mol. The molecule has 2 heterocycles. The number of nitrogens with one attached hydrogen (secondary N) is 1. The summed E-state index contributed by atoms with van der Waals surface area (Å²) in [4.78, 5) is 17.6. The first-order valence-electron chi connectivity index (χ1n) is 8.83. The van der Waals surface area contributed by atoms with E-state index in [-0.39, 0.29) is 29.0 Å². The number of halogens is 2. The number of nitrogens with zero attached hydrogens (tertiary/aromatic N) is 1. The van der Waals surface area contributed by atoms with Gasteiger partial charge < -0.3 is 9.88 Å². The molecule has 0 saturated heterocycles. The van der Waals surface area contributed by atoms with Crippen LogP contribution in [0.2, 0.25) is 0 Å². The van der Waals surface area contributed by atoms with Gasteiger partial charge >= 0.3 is 0 Å². The van der Waals surface area contributed by atoms with E-state index in [4.69, 9.17) is 0 Å². The van der Waals surface area contributed by atoms with Crippen LogP contribution in [0.1, 0.15) is 42.6 Å². The van der Waals surface area contributed by atoms with Gasteiger partial charge in [0.15, 0.2) is 0 Å². The van der Waals surface area contributed by atoms with Crippen molar-refractivity contribution in [1.29, 1.82) is 0 Å². The monoisotopic (exact) mass is 352 g/mol. The van der Waals surface area contributed by atoms with E-state index in [0.717, 1.165) is 40.6 Å². The smallest absolute Gasteiger partial charge is 0.220 e. The van der Waals surface area contributed by atoms with E-state index in [9.17, 15) is 13.6 Å². The van der Waals surface area contributed by atoms with Gasteiger partial charge in [0.2, 0.25) is 5.91 Å². The first kappa shape index (κ1) is 15.6. The van der Waals surface area contributed by atoms with Gasteiger partial charge in [0.05, 0.1) is 6.04 Å². The Hall–Kier alpha value is -2.69. The number of benzene rings is 2. The third kappa shape index (κ3) is 2.13. The van der Waals surface area contributed by atoms with E-state index in [2.05, 4.69) is 4.98 Å². The van der Waals surface area contributed by atoms with Crippen molar-refractivity contribution in [3.63, 3.8) is 0 Å². The fourth-order valence-electron chi connectivity index (χ4n) is 4.49. The van der Waals surface area contributed by atoms with Crippen LogP contribution in [0.5, 0.6) is 0 Å². The van der Waals surface area contributed by atoms with Gasteiger partial charge in [-0.2, -0.15) is 0 Å². The lowest BCUT2D eigenvalue weighted by atomic mass is 9.83. The maximum absolute atomic E-state index is 13.9.